The largest absolute Gasteiger partial charge is 0.480 e. The van der Waals surface area contributed by atoms with E-state index in [0.717, 1.165) is 4.57 Å². The van der Waals surface area contributed by atoms with Crippen molar-refractivity contribution in [3.63, 3.8) is 0 Å². The molecule has 100 valence electrons. The third kappa shape index (κ3) is 2.28. The van der Waals surface area contributed by atoms with Gasteiger partial charge in [0.2, 0.25) is 0 Å². The maximum atomic E-state index is 12.4. The van der Waals surface area contributed by atoms with Gasteiger partial charge in [-0.1, -0.05) is 13.8 Å². The third-order valence-electron chi connectivity index (χ3n) is 2.85. The van der Waals surface area contributed by atoms with Crippen LogP contribution in [0.3, 0.4) is 0 Å². The summed E-state index contributed by atoms with van der Waals surface area (Å²) in [5.41, 5.74) is 0.199. The second-order valence-electron chi connectivity index (χ2n) is 4.53. The van der Waals surface area contributed by atoms with Crippen LogP contribution >= 0.6 is 12.2 Å². The van der Waals surface area contributed by atoms with Gasteiger partial charge in [0.15, 0.2) is 10.3 Å². The molecule has 2 heterocycles. The Morgan fingerprint density at radius 3 is 2.79 bits per heavy atom. The van der Waals surface area contributed by atoms with Gasteiger partial charge >= 0.3 is 5.97 Å². The number of aromatic nitrogens is 3. The minimum atomic E-state index is -1.09. The molecule has 0 aliphatic carbocycles. The summed E-state index contributed by atoms with van der Waals surface area (Å²) in [7, 11) is 0. The molecule has 7 heteroatoms. The molecule has 0 bridgehead atoms. The zero-order valence-electron chi connectivity index (χ0n) is 10.5. The number of H-pyrrole nitrogens is 1. The van der Waals surface area contributed by atoms with E-state index in [1.54, 1.807) is 26.0 Å². The fraction of sp³-hybridized carbons (Fsp3) is 0.333. The van der Waals surface area contributed by atoms with Crippen LogP contribution in [-0.4, -0.2) is 25.6 Å². The highest BCUT2D eigenvalue weighted by atomic mass is 32.1. The first-order valence-corrected chi connectivity index (χ1v) is 6.16. The van der Waals surface area contributed by atoms with E-state index in [1.165, 1.54) is 6.20 Å². The standard InChI is InChI=1S/C12H13N3O3S/c1-6(2)9(11(17)18)15-10(16)8-7(14-12(15)19)4-3-5-13-8/h3-6,9H,1-2H3,(H,14,19)(H,17,18)/t9-/m0/s1. The van der Waals surface area contributed by atoms with E-state index in [2.05, 4.69) is 9.97 Å². The van der Waals surface area contributed by atoms with Gasteiger partial charge in [0.05, 0.1) is 5.52 Å². The molecule has 0 aliphatic heterocycles. The van der Waals surface area contributed by atoms with Crippen molar-refractivity contribution in [2.45, 2.75) is 19.9 Å². The first-order chi connectivity index (χ1) is 8.93. The lowest BCUT2D eigenvalue weighted by Gasteiger charge is -2.19. The summed E-state index contributed by atoms with van der Waals surface area (Å²) in [6, 6.07) is 2.34. The molecular formula is C12H13N3O3S. The van der Waals surface area contributed by atoms with Crippen molar-refractivity contribution in [1.82, 2.24) is 14.5 Å². The minimum Gasteiger partial charge on any atom is -0.480 e. The van der Waals surface area contributed by atoms with Crippen molar-refractivity contribution in [1.29, 1.82) is 0 Å². The molecule has 0 amide bonds. The van der Waals surface area contributed by atoms with E-state index in [4.69, 9.17) is 12.2 Å². The number of hydrogen-bond donors (Lipinski definition) is 2. The Hall–Kier alpha value is -2.02. The van der Waals surface area contributed by atoms with Crippen molar-refractivity contribution in [3.05, 3.63) is 33.5 Å². The van der Waals surface area contributed by atoms with Gasteiger partial charge in [-0.3, -0.25) is 9.36 Å². The van der Waals surface area contributed by atoms with E-state index in [9.17, 15) is 14.7 Å². The zero-order valence-corrected chi connectivity index (χ0v) is 11.3. The van der Waals surface area contributed by atoms with Crippen LogP contribution in [0.1, 0.15) is 19.9 Å². The van der Waals surface area contributed by atoms with E-state index in [1.807, 2.05) is 0 Å². The van der Waals surface area contributed by atoms with Gasteiger partial charge < -0.3 is 10.1 Å². The number of pyridine rings is 1. The summed E-state index contributed by atoms with van der Waals surface area (Å²) in [6.07, 6.45) is 1.48. The second-order valence-corrected chi connectivity index (χ2v) is 4.92. The molecular weight excluding hydrogens is 266 g/mol. The SMILES string of the molecule is CC(C)[C@@H](C(=O)O)n1c(=S)[nH]c2cccnc2c1=O. The van der Waals surface area contributed by atoms with Gasteiger partial charge in [0, 0.05) is 6.20 Å². The highest BCUT2D eigenvalue weighted by Gasteiger charge is 2.26. The minimum absolute atomic E-state index is 0.0894. The highest BCUT2D eigenvalue weighted by Crippen LogP contribution is 2.17. The first kappa shape index (κ1) is 13.4. The van der Waals surface area contributed by atoms with Gasteiger partial charge in [-0.25, -0.2) is 9.78 Å². The Morgan fingerprint density at radius 1 is 1.53 bits per heavy atom. The van der Waals surface area contributed by atoms with Crippen molar-refractivity contribution in [2.24, 2.45) is 5.92 Å². The quantitative estimate of drug-likeness (QED) is 0.835. The predicted octanol–water partition coefficient (Wildman–Crippen LogP) is 1.74. The van der Waals surface area contributed by atoms with E-state index in [0.29, 0.717) is 5.52 Å². The maximum Gasteiger partial charge on any atom is 0.327 e. The Bertz CT molecular complexity index is 748. The number of carboxylic acid groups (broad SMARTS) is 1. The molecule has 0 aromatic carbocycles. The van der Waals surface area contributed by atoms with Gasteiger partial charge in [-0.15, -0.1) is 0 Å². The van der Waals surface area contributed by atoms with Crippen molar-refractivity contribution >= 4 is 29.2 Å². The summed E-state index contributed by atoms with van der Waals surface area (Å²) in [5.74, 6) is -1.36. The summed E-state index contributed by atoms with van der Waals surface area (Å²) >= 11 is 5.10. The molecule has 2 rings (SSSR count). The molecule has 19 heavy (non-hydrogen) atoms. The van der Waals surface area contributed by atoms with Gasteiger partial charge in [-0.2, -0.15) is 0 Å². The van der Waals surface area contributed by atoms with Gasteiger partial charge in [0.1, 0.15) is 6.04 Å². The van der Waals surface area contributed by atoms with Crippen LogP contribution in [-0.2, 0) is 4.79 Å². The van der Waals surface area contributed by atoms with Crippen LogP contribution in [0.25, 0.3) is 11.0 Å². The Balaban J connectivity index is 2.84. The number of carbonyl (C=O) groups is 1. The molecule has 2 aromatic heterocycles. The molecule has 2 N–H and O–H groups in total. The van der Waals surface area contributed by atoms with E-state index < -0.39 is 17.6 Å². The fourth-order valence-electron chi connectivity index (χ4n) is 2.00. The number of carboxylic acids is 1. The zero-order chi connectivity index (χ0) is 14.2. The lowest BCUT2D eigenvalue weighted by Crippen LogP contribution is -2.34. The molecule has 0 aliphatic rings. The molecule has 0 saturated carbocycles. The summed E-state index contributed by atoms with van der Waals surface area (Å²) in [6.45, 7) is 3.45. The average molecular weight is 279 g/mol. The van der Waals surface area contributed by atoms with Crippen molar-refractivity contribution in [2.75, 3.05) is 0 Å². The number of rotatable bonds is 3. The molecule has 0 saturated heterocycles. The summed E-state index contributed by atoms with van der Waals surface area (Å²) in [5, 5.41) is 9.28. The molecule has 1 atom stereocenters. The Labute approximate surface area is 113 Å². The molecule has 0 spiro atoms. The van der Waals surface area contributed by atoms with Crippen LogP contribution in [0.4, 0.5) is 0 Å². The molecule has 0 radical (unpaired) electrons. The lowest BCUT2D eigenvalue weighted by molar-refractivity contribution is -0.142. The molecule has 2 aromatic rings. The lowest BCUT2D eigenvalue weighted by atomic mass is 10.0. The second kappa shape index (κ2) is 4.93. The molecule has 6 nitrogen and oxygen atoms in total. The van der Waals surface area contributed by atoms with Crippen molar-refractivity contribution < 1.29 is 9.90 Å². The van der Waals surface area contributed by atoms with Gasteiger partial charge in [-0.05, 0) is 30.3 Å². The Kier molecular flexibility index (Phi) is 3.48. The highest BCUT2D eigenvalue weighted by molar-refractivity contribution is 7.71. The number of aliphatic carboxylic acids is 1. The average Bonchev–Trinajstić information content (AvgIpc) is 2.33. The first-order valence-electron chi connectivity index (χ1n) is 5.76. The smallest absolute Gasteiger partial charge is 0.327 e. The van der Waals surface area contributed by atoms with Crippen LogP contribution in [0.5, 0.6) is 0 Å². The monoisotopic (exact) mass is 279 g/mol. The van der Waals surface area contributed by atoms with E-state index >= 15 is 0 Å². The normalized spacial score (nSPS) is 12.8. The van der Waals surface area contributed by atoms with Crippen LogP contribution < -0.4 is 5.56 Å². The predicted molar refractivity (Wildman–Crippen MR) is 72.7 cm³/mol. The van der Waals surface area contributed by atoms with Crippen molar-refractivity contribution in [3.8, 4) is 0 Å². The number of aromatic amines is 1. The number of fused-ring (bicyclic) bond motifs is 1. The van der Waals surface area contributed by atoms with Crippen LogP contribution in [0, 0.1) is 10.7 Å². The summed E-state index contributed by atoms with van der Waals surface area (Å²) in [4.78, 5) is 30.5. The fourth-order valence-corrected chi connectivity index (χ4v) is 2.31. The number of hydrogen-bond acceptors (Lipinski definition) is 4. The van der Waals surface area contributed by atoms with Gasteiger partial charge in [0.25, 0.3) is 5.56 Å². The third-order valence-corrected chi connectivity index (χ3v) is 3.15. The number of nitrogens with zero attached hydrogens (tertiary/aromatic N) is 2. The topological polar surface area (TPSA) is 88.0 Å². The number of nitrogens with one attached hydrogen (secondary N) is 1. The summed E-state index contributed by atoms with van der Waals surface area (Å²) < 4.78 is 1.17. The maximum absolute atomic E-state index is 12.4. The van der Waals surface area contributed by atoms with Crippen LogP contribution in [0.15, 0.2) is 23.1 Å². The molecule has 0 unspecified atom stereocenters. The van der Waals surface area contributed by atoms with Crippen LogP contribution in [0.2, 0.25) is 0 Å². The Morgan fingerprint density at radius 2 is 2.21 bits per heavy atom. The molecule has 0 fully saturated rings. The van der Waals surface area contributed by atoms with E-state index in [-0.39, 0.29) is 16.2 Å².